The van der Waals surface area contributed by atoms with E-state index < -0.39 is 0 Å². The molecule has 0 saturated carbocycles. The van der Waals surface area contributed by atoms with Gasteiger partial charge in [-0.3, -0.25) is 0 Å². The fraction of sp³-hybridized carbons (Fsp3) is 0.625. The van der Waals surface area contributed by atoms with Crippen LogP contribution in [-0.2, 0) is 6.54 Å². The molecule has 0 aromatic heterocycles. The van der Waals surface area contributed by atoms with Gasteiger partial charge in [-0.1, -0.05) is 19.1 Å². The third-order valence-electron chi connectivity index (χ3n) is 3.03. The summed E-state index contributed by atoms with van der Waals surface area (Å²) in [4.78, 5) is 0. The number of ether oxygens (including phenoxy) is 1. The van der Waals surface area contributed by atoms with E-state index >= 15 is 0 Å². The average Bonchev–Trinajstić information content (AvgIpc) is 2.39. The van der Waals surface area contributed by atoms with E-state index in [9.17, 15) is 0 Å². The Morgan fingerprint density at radius 2 is 1.74 bits per heavy atom. The Morgan fingerprint density at radius 3 is 2.32 bits per heavy atom. The highest BCUT2D eigenvalue weighted by atomic mass is 16.5. The predicted molar refractivity (Wildman–Crippen MR) is 81.7 cm³/mol. The molecule has 1 atom stereocenters. The molecule has 0 aliphatic carbocycles. The number of rotatable bonds is 9. The van der Waals surface area contributed by atoms with Crippen LogP contribution >= 0.6 is 0 Å². The fourth-order valence-electron chi connectivity index (χ4n) is 1.74. The Morgan fingerprint density at radius 1 is 1.05 bits per heavy atom. The molecule has 1 rings (SSSR count). The van der Waals surface area contributed by atoms with Gasteiger partial charge in [0.1, 0.15) is 5.75 Å². The first kappa shape index (κ1) is 16.0. The molecule has 0 spiro atoms. The lowest BCUT2D eigenvalue weighted by Crippen LogP contribution is -2.32. The van der Waals surface area contributed by atoms with Crippen LogP contribution in [0.25, 0.3) is 0 Å². The molecule has 2 N–H and O–H groups in total. The summed E-state index contributed by atoms with van der Waals surface area (Å²) in [6.45, 7) is 11.4. The number of hydrogen-bond acceptors (Lipinski definition) is 3. The van der Waals surface area contributed by atoms with E-state index in [1.54, 1.807) is 0 Å². The summed E-state index contributed by atoms with van der Waals surface area (Å²) in [7, 11) is 0. The van der Waals surface area contributed by atoms with Crippen molar-refractivity contribution >= 4 is 0 Å². The van der Waals surface area contributed by atoms with Gasteiger partial charge in [0.15, 0.2) is 0 Å². The van der Waals surface area contributed by atoms with Crippen LogP contribution in [-0.4, -0.2) is 25.2 Å². The summed E-state index contributed by atoms with van der Waals surface area (Å²) in [5, 5.41) is 6.90. The standard InChI is InChI=1S/C16H28N2O/c1-5-14(4)18-11-10-17-12-15-6-8-16(9-7-15)19-13(2)3/h6-9,13-14,17-18H,5,10-12H2,1-4H3. The van der Waals surface area contributed by atoms with Gasteiger partial charge in [-0.2, -0.15) is 0 Å². The smallest absolute Gasteiger partial charge is 0.119 e. The summed E-state index contributed by atoms with van der Waals surface area (Å²) in [5.41, 5.74) is 1.29. The molecule has 0 saturated heterocycles. The maximum atomic E-state index is 5.62. The van der Waals surface area contributed by atoms with Crippen molar-refractivity contribution in [2.75, 3.05) is 13.1 Å². The first-order valence-electron chi connectivity index (χ1n) is 7.31. The van der Waals surface area contributed by atoms with Crippen molar-refractivity contribution < 1.29 is 4.74 Å². The zero-order chi connectivity index (χ0) is 14.1. The van der Waals surface area contributed by atoms with E-state index in [0.717, 1.165) is 25.4 Å². The molecule has 0 heterocycles. The highest BCUT2D eigenvalue weighted by molar-refractivity contribution is 5.27. The van der Waals surface area contributed by atoms with Crippen molar-refractivity contribution in [3.05, 3.63) is 29.8 Å². The van der Waals surface area contributed by atoms with E-state index in [0.29, 0.717) is 6.04 Å². The summed E-state index contributed by atoms with van der Waals surface area (Å²) < 4.78 is 5.62. The molecule has 1 aromatic rings. The largest absolute Gasteiger partial charge is 0.491 e. The molecular weight excluding hydrogens is 236 g/mol. The molecule has 0 fully saturated rings. The molecule has 0 amide bonds. The molecule has 0 aliphatic rings. The first-order valence-corrected chi connectivity index (χ1v) is 7.31. The average molecular weight is 264 g/mol. The van der Waals surface area contributed by atoms with Crippen LogP contribution in [0.3, 0.4) is 0 Å². The minimum atomic E-state index is 0.232. The molecule has 0 aliphatic heterocycles. The monoisotopic (exact) mass is 264 g/mol. The quantitative estimate of drug-likeness (QED) is 0.673. The van der Waals surface area contributed by atoms with Crippen molar-refractivity contribution in [1.29, 1.82) is 0 Å². The van der Waals surface area contributed by atoms with E-state index in [4.69, 9.17) is 4.74 Å². The molecule has 19 heavy (non-hydrogen) atoms. The Kier molecular flexibility index (Phi) is 7.53. The zero-order valence-electron chi connectivity index (χ0n) is 12.7. The van der Waals surface area contributed by atoms with Crippen LogP contribution in [0.4, 0.5) is 0 Å². The van der Waals surface area contributed by atoms with Crippen LogP contribution < -0.4 is 15.4 Å². The van der Waals surface area contributed by atoms with E-state index in [-0.39, 0.29) is 6.10 Å². The summed E-state index contributed by atoms with van der Waals surface area (Å²) in [6.07, 6.45) is 1.41. The van der Waals surface area contributed by atoms with Crippen LogP contribution in [0.1, 0.15) is 39.7 Å². The molecule has 0 bridgehead atoms. The van der Waals surface area contributed by atoms with Crippen molar-refractivity contribution in [3.8, 4) is 5.75 Å². The highest BCUT2D eigenvalue weighted by Crippen LogP contribution is 2.13. The molecule has 3 nitrogen and oxygen atoms in total. The molecule has 1 unspecified atom stereocenters. The van der Waals surface area contributed by atoms with Gasteiger partial charge in [0.05, 0.1) is 6.10 Å². The predicted octanol–water partition coefficient (Wildman–Crippen LogP) is 2.95. The lowest BCUT2D eigenvalue weighted by atomic mass is 10.2. The Labute approximate surface area is 117 Å². The highest BCUT2D eigenvalue weighted by Gasteiger charge is 1.99. The first-order chi connectivity index (χ1) is 9.11. The maximum absolute atomic E-state index is 5.62. The van der Waals surface area contributed by atoms with Gasteiger partial charge in [-0.15, -0.1) is 0 Å². The maximum Gasteiger partial charge on any atom is 0.119 e. The Balaban J connectivity index is 2.19. The summed E-state index contributed by atoms with van der Waals surface area (Å²) in [6, 6.07) is 8.91. The number of nitrogens with one attached hydrogen (secondary N) is 2. The van der Waals surface area contributed by atoms with E-state index in [2.05, 4.69) is 36.6 Å². The third-order valence-corrected chi connectivity index (χ3v) is 3.03. The summed E-state index contributed by atoms with van der Waals surface area (Å²) in [5.74, 6) is 0.942. The zero-order valence-corrected chi connectivity index (χ0v) is 12.7. The van der Waals surface area contributed by atoms with Crippen molar-refractivity contribution in [2.24, 2.45) is 0 Å². The van der Waals surface area contributed by atoms with Crippen molar-refractivity contribution in [3.63, 3.8) is 0 Å². The van der Waals surface area contributed by atoms with E-state index in [1.807, 2.05) is 26.0 Å². The second-order valence-corrected chi connectivity index (χ2v) is 5.25. The van der Waals surface area contributed by atoms with Gasteiger partial charge in [0.25, 0.3) is 0 Å². The van der Waals surface area contributed by atoms with Crippen LogP contribution in [0.5, 0.6) is 5.75 Å². The van der Waals surface area contributed by atoms with Gasteiger partial charge in [0, 0.05) is 25.7 Å². The Hall–Kier alpha value is -1.06. The van der Waals surface area contributed by atoms with Gasteiger partial charge in [-0.25, -0.2) is 0 Å². The molecule has 1 aromatic carbocycles. The van der Waals surface area contributed by atoms with Gasteiger partial charge in [-0.05, 0) is 44.9 Å². The molecule has 108 valence electrons. The lowest BCUT2D eigenvalue weighted by molar-refractivity contribution is 0.242. The SMILES string of the molecule is CCC(C)NCCNCc1ccc(OC(C)C)cc1. The number of hydrogen-bond donors (Lipinski definition) is 2. The van der Waals surface area contributed by atoms with Crippen LogP contribution in [0.2, 0.25) is 0 Å². The normalized spacial score (nSPS) is 12.7. The van der Waals surface area contributed by atoms with Crippen LogP contribution in [0.15, 0.2) is 24.3 Å². The minimum Gasteiger partial charge on any atom is -0.491 e. The molecule has 3 heteroatoms. The van der Waals surface area contributed by atoms with Gasteiger partial charge in [0.2, 0.25) is 0 Å². The Bertz CT molecular complexity index is 335. The second kappa shape index (κ2) is 8.94. The summed E-state index contributed by atoms with van der Waals surface area (Å²) >= 11 is 0. The lowest BCUT2D eigenvalue weighted by Gasteiger charge is -2.12. The van der Waals surface area contributed by atoms with Crippen molar-refractivity contribution in [2.45, 2.75) is 52.8 Å². The third kappa shape index (κ3) is 7.19. The molecular formula is C16H28N2O. The fourth-order valence-corrected chi connectivity index (χ4v) is 1.74. The van der Waals surface area contributed by atoms with Crippen molar-refractivity contribution in [1.82, 2.24) is 10.6 Å². The van der Waals surface area contributed by atoms with E-state index in [1.165, 1.54) is 12.0 Å². The van der Waals surface area contributed by atoms with Gasteiger partial charge >= 0.3 is 0 Å². The molecule has 0 radical (unpaired) electrons. The number of benzene rings is 1. The van der Waals surface area contributed by atoms with Crippen LogP contribution in [0, 0.1) is 0 Å². The van der Waals surface area contributed by atoms with Gasteiger partial charge < -0.3 is 15.4 Å². The second-order valence-electron chi connectivity index (χ2n) is 5.25. The minimum absolute atomic E-state index is 0.232. The topological polar surface area (TPSA) is 33.3 Å².